The zero-order chi connectivity index (χ0) is 21.0. The lowest BCUT2D eigenvalue weighted by molar-refractivity contribution is -0.384. The Hall–Kier alpha value is -3.59. The number of rotatable bonds is 7. The summed E-state index contributed by atoms with van der Waals surface area (Å²) in [6.45, 7) is 1.04. The van der Waals surface area contributed by atoms with Crippen molar-refractivity contribution in [3.63, 3.8) is 0 Å². The van der Waals surface area contributed by atoms with Gasteiger partial charge in [-0.3, -0.25) is 14.9 Å². The number of halogens is 1. The topological polar surface area (TPSA) is 93.3 Å². The van der Waals surface area contributed by atoms with Crippen LogP contribution in [0.15, 0.2) is 54.6 Å². The number of amides is 1. The maximum absolute atomic E-state index is 14.2. The van der Waals surface area contributed by atoms with E-state index in [0.29, 0.717) is 18.8 Å². The lowest BCUT2D eigenvalue weighted by atomic mass is 10.1. The number of aromatic nitrogens is 2. The van der Waals surface area contributed by atoms with Crippen molar-refractivity contribution in [2.24, 2.45) is 0 Å². The molecule has 1 amide bonds. The molecule has 0 fully saturated rings. The number of nitro benzene ring substituents is 1. The van der Waals surface area contributed by atoms with E-state index in [2.05, 4.69) is 10.4 Å². The SMILES string of the molecule is CN(C)CCNC(=O)c1cc(-c2ccccc2F)nn1-c1cccc([N+](=O)[O-])c1. The van der Waals surface area contributed by atoms with Gasteiger partial charge in [0.05, 0.1) is 16.3 Å². The third-order valence-electron chi connectivity index (χ3n) is 4.22. The van der Waals surface area contributed by atoms with Crippen LogP contribution in [0.3, 0.4) is 0 Å². The molecule has 3 aromatic rings. The number of carbonyl (C=O) groups is 1. The van der Waals surface area contributed by atoms with Gasteiger partial charge in [-0.1, -0.05) is 18.2 Å². The molecule has 0 atom stereocenters. The lowest BCUT2D eigenvalue weighted by Gasteiger charge is -2.11. The highest BCUT2D eigenvalue weighted by molar-refractivity contribution is 5.94. The Morgan fingerprint density at radius 2 is 1.97 bits per heavy atom. The van der Waals surface area contributed by atoms with Crippen LogP contribution in [0.25, 0.3) is 16.9 Å². The molecule has 0 aliphatic rings. The van der Waals surface area contributed by atoms with E-state index in [1.54, 1.807) is 24.3 Å². The Labute approximate surface area is 166 Å². The molecule has 0 saturated heterocycles. The summed E-state index contributed by atoms with van der Waals surface area (Å²) in [5.41, 5.74) is 0.845. The molecule has 0 bridgehead atoms. The van der Waals surface area contributed by atoms with Gasteiger partial charge >= 0.3 is 0 Å². The second-order valence-corrected chi connectivity index (χ2v) is 6.64. The van der Waals surface area contributed by atoms with Crippen molar-refractivity contribution < 1.29 is 14.1 Å². The van der Waals surface area contributed by atoms with Crippen LogP contribution >= 0.6 is 0 Å². The van der Waals surface area contributed by atoms with Crippen LogP contribution in [0.2, 0.25) is 0 Å². The molecule has 9 heteroatoms. The molecular weight excluding hydrogens is 377 g/mol. The highest BCUT2D eigenvalue weighted by Crippen LogP contribution is 2.25. The minimum Gasteiger partial charge on any atom is -0.349 e. The van der Waals surface area contributed by atoms with Gasteiger partial charge in [0.25, 0.3) is 11.6 Å². The van der Waals surface area contributed by atoms with E-state index >= 15 is 0 Å². The van der Waals surface area contributed by atoms with Gasteiger partial charge in [0.15, 0.2) is 0 Å². The van der Waals surface area contributed by atoms with Crippen molar-refractivity contribution in [3.05, 3.63) is 76.2 Å². The summed E-state index contributed by atoms with van der Waals surface area (Å²) in [6.07, 6.45) is 0. The van der Waals surface area contributed by atoms with Gasteiger partial charge in [-0.15, -0.1) is 0 Å². The van der Waals surface area contributed by atoms with Crippen LogP contribution in [0.4, 0.5) is 10.1 Å². The predicted octanol–water partition coefficient (Wildman–Crippen LogP) is 2.88. The van der Waals surface area contributed by atoms with Crippen molar-refractivity contribution in [1.29, 1.82) is 0 Å². The lowest BCUT2D eigenvalue weighted by Crippen LogP contribution is -2.32. The van der Waals surface area contributed by atoms with Crippen molar-refractivity contribution in [3.8, 4) is 16.9 Å². The number of benzene rings is 2. The monoisotopic (exact) mass is 397 g/mol. The van der Waals surface area contributed by atoms with Gasteiger partial charge in [-0.2, -0.15) is 5.10 Å². The summed E-state index contributed by atoms with van der Waals surface area (Å²) in [6, 6.07) is 13.3. The smallest absolute Gasteiger partial charge is 0.271 e. The fourth-order valence-corrected chi connectivity index (χ4v) is 2.76. The Kier molecular flexibility index (Phi) is 5.99. The normalized spacial score (nSPS) is 10.9. The Balaban J connectivity index is 2.05. The number of hydrogen-bond acceptors (Lipinski definition) is 5. The van der Waals surface area contributed by atoms with E-state index in [1.165, 1.54) is 35.0 Å². The van der Waals surface area contributed by atoms with E-state index in [-0.39, 0.29) is 22.6 Å². The molecule has 0 aliphatic heterocycles. The molecule has 0 saturated carbocycles. The van der Waals surface area contributed by atoms with Gasteiger partial charge in [-0.05, 0) is 38.4 Å². The number of non-ortho nitro benzene ring substituents is 1. The summed E-state index contributed by atoms with van der Waals surface area (Å²) in [5, 5.41) is 18.3. The van der Waals surface area contributed by atoms with Gasteiger partial charge in [0, 0.05) is 30.8 Å². The fourth-order valence-electron chi connectivity index (χ4n) is 2.76. The molecule has 0 spiro atoms. The van der Waals surface area contributed by atoms with Gasteiger partial charge < -0.3 is 10.2 Å². The quantitative estimate of drug-likeness (QED) is 0.489. The molecule has 0 aliphatic carbocycles. The van der Waals surface area contributed by atoms with E-state index in [0.717, 1.165) is 0 Å². The third kappa shape index (κ3) is 4.64. The number of nitrogens with zero attached hydrogens (tertiary/aromatic N) is 4. The molecule has 3 rings (SSSR count). The average Bonchev–Trinajstić information content (AvgIpc) is 3.13. The summed E-state index contributed by atoms with van der Waals surface area (Å²) < 4.78 is 15.5. The summed E-state index contributed by atoms with van der Waals surface area (Å²) in [5.74, 6) is -0.885. The minimum absolute atomic E-state index is 0.135. The van der Waals surface area contributed by atoms with Gasteiger partial charge in [0.1, 0.15) is 11.5 Å². The van der Waals surface area contributed by atoms with Crippen molar-refractivity contribution in [2.45, 2.75) is 0 Å². The predicted molar refractivity (Wildman–Crippen MR) is 106 cm³/mol. The number of nitrogens with one attached hydrogen (secondary N) is 1. The first-order valence-corrected chi connectivity index (χ1v) is 8.89. The number of hydrogen-bond donors (Lipinski definition) is 1. The third-order valence-corrected chi connectivity index (χ3v) is 4.22. The van der Waals surface area contributed by atoms with Gasteiger partial charge in [0.2, 0.25) is 0 Å². The molecular formula is C20H20FN5O3. The highest BCUT2D eigenvalue weighted by atomic mass is 19.1. The number of carbonyl (C=O) groups excluding carboxylic acids is 1. The second-order valence-electron chi connectivity index (χ2n) is 6.64. The maximum Gasteiger partial charge on any atom is 0.271 e. The zero-order valence-corrected chi connectivity index (χ0v) is 16.0. The Morgan fingerprint density at radius 1 is 1.21 bits per heavy atom. The van der Waals surface area contributed by atoms with E-state index in [9.17, 15) is 19.3 Å². The number of likely N-dealkylation sites (N-methyl/N-ethyl adjacent to an activating group) is 1. The van der Waals surface area contributed by atoms with Crippen molar-refractivity contribution >= 4 is 11.6 Å². The molecule has 150 valence electrons. The van der Waals surface area contributed by atoms with Crippen LogP contribution in [0.5, 0.6) is 0 Å². The molecule has 8 nitrogen and oxygen atoms in total. The maximum atomic E-state index is 14.2. The standard InChI is InChI=1S/C20H20FN5O3/c1-24(2)11-10-22-20(27)19-13-18(16-8-3-4-9-17(16)21)23-25(19)14-6-5-7-15(12-14)26(28)29/h3-9,12-13H,10-11H2,1-2H3,(H,22,27). The zero-order valence-electron chi connectivity index (χ0n) is 16.0. The molecule has 0 radical (unpaired) electrons. The minimum atomic E-state index is -0.526. The molecule has 0 unspecified atom stereocenters. The summed E-state index contributed by atoms with van der Waals surface area (Å²) in [7, 11) is 3.77. The first-order valence-electron chi connectivity index (χ1n) is 8.89. The summed E-state index contributed by atoms with van der Waals surface area (Å²) >= 11 is 0. The average molecular weight is 397 g/mol. The van der Waals surface area contributed by atoms with E-state index in [1.807, 2.05) is 19.0 Å². The largest absolute Gasteiger partial charge is 0.349 e. The molecule has 2 aromatic carbocycles. The van der Waals surface area contributed by atoms with Crippen LogP contribution in [0, 0.1) is 15.9 Å². The second kappa shape index (κ2) is 8.61. The fraction of sp³-hybridized carbons (Fsp3) is 0.200. The molecule has 1 aromatic heterocycles. The molecule has 1 heterocycles. The van der Waals surface area contributed by atoms with Crippen LogP contribution in [-0.4, -0.2) is 52.7 Å². The van der Waals surface area contributed by atoms with E-state index < -0.39 is 16.6 Å². The van der Waals surface area contributed by atoms with Crippen LogP contribution < -0.4 is 5.32 Å². The summed E-state index contributed by atoms with van der Waals surface area (Å²) in [4.78, 5) is 25.3. The van der Waals surface area contributed by atoms with Crippen LogP contribution in [-0.2, 0) is 0 Å². The van der Waals surface area contributed by atoms with Crippen LogP contribution in [0.1, 0.15) is 10.5 Å². The highest BCUT2D eigenvalue weighted by Gasteiger charge is 2.20. The molecule has 29 heavy (non-hydrogen) atoms. The van der Waals surface area contributed by atoms with Gasteiger partial charge in [-0.25, -0.2) is 9.07 Å². The van der Waals surface area contributed by atoms with Crippen molar-refractivity contribution in [1.82, 2.24) is 20.0 Å². The Bertz CT molecular complexity index is 1050. The Morgan fingerprint density at radius 3 is 2.66 bits per heavy atom. The first kappa shape index (κ1) is 20.2. The first-order chi connectivity index (χ1) is 13.9. The number of nitro groups is 1. The molecule has 1 N–H and O–H groups in total. The van der Waals surface area contributed by atoms with Crippen molar-refractivity contribution in [2.75, 3.05) is 27.2 Å². The van der Waals surface area contributed by atoms with E-state index in [4.69, 9.17) is 0 Å².